The van der Waals surface area contributed by atoms with Crippen LogP contribution >= 0.6 is 25.3 Å². The molecule has 2 amide bonds. The van der Waals surface area contributed by atoms with Gasteiger partial charge in [0.2, 0.25) is 12.2 Å². The Morgan fingerprint density at radius 1 is 1.17 bits per heavy atom. The highest BCUT2D eigenvalue weighted by Gasteiger charge is 2.34. The maximum Gasteiger partial charge on any atom is 0.410 e. The molecule has 0 aromatic rings. The van der Waals surface area contributed by atoms with Crippen LogP contribution in [0.2, 0.25) is 0 Å². The Labute approximate surface area is 150 Å². The summed E-state index contributed by atoms with van der Waals surface area (Å²) in [6.45, 7) is 5.50. The van der Waals surface area contributed by atoms with E-state index in [0.29, 0.717) is 0 Å². The number of carbonyl (C=O) groups is 4. The van der Waals surface area contributed by atoms with E-state index in [1.54, 1.807) is 0 Å². The minimum absolute atomic E-state index is 0.00768. The molecule has 0 aliphatic rings. The highest BCUT2D eigenvalue weighted by molar-refractivity contribution is 7.81. The van der Waals surface area contributed by atoms with Crippen molar-refractivity contribution in [3.8, 4) is 0 Å². The summed E-state index contributed by atoms with van der Waals surface area (Å²) in [5, 5.41) is 13.5. The molecule has 3 N–H and O–H groups in total. The number of amides is 2. The fraction of sp³-hybridized carbons (Fsp3) is 0.692. The summed E-state index contributed by atoms with van der Waals surface area (Å²) >= 11 is 8.01. The first-order valence-corrected chi connectivity index (χ1v) is 7.97. The van der Waals surface area contributed by atoms with E-state index >= 15 is 0 Å². The van der Waals surface area contributed by atoms with Gasteiger partial charge in [0.15, 0.2) is 0 Å². The quantitative estimate of drug-likeness (QED) is 0.230. The number of carboxylic acids is 1. The summed E-state index contributed by atoms with van der Waals surface area (Å²) in [6.07, 6.45) is -2.39. The molecule has 0 fully saturated rings. The van der Waals surface area contributed by atoms with E-state index in [9.17, 15) is 19.2 Å². The van der Waals surface area contributed by atoms with Gasteiger partial charge < -0.3 is 25.2 Å². The zero-order chi connectivity index (χ0) is 19.1. The highest BCUT2D eigenvalue weighted by Crippen LogP contribution is 2.18. The van der Waals surface area contributed by atoms with Crippen molar-refractivity contribution in [2.24, 2.45) is 0 Å². The summed E-state index contributed by atoms with van der Waals surface area (Å²) in [5.74, 6) is -2.59. The van der Waals surface area contributed by atoms with Crippen LogP contribution < -0.4 is 10.6 Å². The number of rotatable bonds is 8. The number of hydrogen-bond acceptors (Lipinski definition) is 8. The predicted molar refractivity (Wildman–Crippen MR) is 91.1 cm³/mol. The van der Waals surface area contributed by atoms with E-state index in [-0.39, 0.29) is 5.75 Å². The summed E-state index contributed by atoms with van der Waals surface area (Å²) < 4.78 is 8.57. The smallest absolute Gasteiger partial charge is 0.410 e. The van der Waals surface area contributed by atoms with Crippen LogP contribution in [-0.4, -0.2) is 57.9 Å². The highest BCUT2D eigenvalue weighted by atomic mass is 32.1. The van der Waals surface area contributed by atoms with Crippen LogP contribution in [-0.2, 0) is 23.9 Å². The Kier molecular flexibility index (Phi) is 8.97. The van der Waals surface area contributed by atoms with Crippen LogP contribution in [0.1, 0.15) is 27.7 Å². The standard InChI is InChI=1S/C13H22N2O7S2/c1-6(16)14-8(5-23)11(19)21-7(2)22-12(20)15-9(10(17)18)13(3,4)24/h7-9,23-24H,5H2,1-4H3,(H,14,16)(H,15,20)(H,17,18)/t7?,8?,9-/m0/s1. The van der Waals surface area contributed by atoms with Crippen LogP contribution in [0.25, 0.3) is 0 Å². The summed E-state index contributed by atoms with van der Waals surface area (Å²) in [7, 11) is 0. The molecule has 0 aromatic heterocycles. The number of aliphatic carboxylic acids is 1. The van der Waals surface area contributed by atoms with Gasteiger partial charge in [-0.15, -0.1) is 0 Å². The van der Waals surface area contributed by atoms with Gasteiger partial charge in [0.05, 0.1) is 0 Å². The molecule has 138 valence electrons. The van der Waals surface area contributed by atoms with Crippen LogP contribution in [0.5, 0.6) is 0 Å². The molecular formula is C13H22N2O7S2. The lowest BCUT2D eigenvalue weighted by Gasteiger charge is -2.27. The number of nitrogens with one attached hydrogen (secondary N) is 2. The van der Waals surface area contributed by atoms with E-state index in [0.717, 1.165) is 0 Å². The zero-order valence-electron chi connectivity index (χ0n) is 13.7. The first-order valence-electron chi connectivity index (χ1n) is 6.89. The van der Waals surface area contributed by atoms with Gasteiger partial charge in [0.25, 0.3) is 0 Å². The average Bonchev–Trinajstić information content (AvgIpc) is 2.39. The Balaban J connectivity index is 4.62. The summed E-state index contributed by atoms with van der Waals surface area (Å²) in [6, 6.07) is -2.32. The van der Waals surface area contributed by atoms with Crippen molar-refractivity contribution in [2.75, 3.05) is 5.75 Å². The Hall–Kier alpha value is -1.62. The number of carboxylic acid groups (broad SMARTS) is 1. The zero-order valence-corrected chi connectivity index (χ0v) is 15.5. The fourth-order valence-corrected chi connectivity index (χ4v) is 1.95. The van der Waals surface area contributed by atoms with E-state index < -0.39 is 47.1 Å². The molecule has 3 atom stereocenters. The number of thiol groups is 2. The maximum absolute atomic E-state index is 11.8. The summed E-state index contributed by atoms with van der Waals surface area (Å²) in [4.78, 5) is 45.6. The molecule has 0 bridgehead atoms. The Morgan fingerprint density at radius 3 is 2.08 bits per heavy atom. The van der Waals surface area contributed by atoms with E-state index in [2.05, 4.69) is 35.9 Å². The lowest BCUT2D eigenvalue weighted by molar-refractivity contribution is -0.167. The third kappa shape index (κ3) is 8.29. The van der Waals surface area contributed by atoms with Crippen LogP contribution in [0, 0.1) is 0 Å². The maximum atomic E-state index is 11.8. The molecular weight excluding hydrogens is 360 g/mol. The van der Waals surface area contributed by atoms with Crippen LogP contribution in [0.15, 0.2) is 0 Å². The van der Waals surface area contributed by atoms with Gasteiger partial charge >= 0.3 is 18.0 Å². The van der Waals surface area contributed by atoms with Crippen molar-refractivity contribution >= 4 is 49.2 Å². The second-order valence-electron chi connectivity index (χ2n) is 5.41. The molecule has 9 nitrogen and oxygen atoms in total. The monoisotopic (exact) mass is 382 g/mol. The minimum atomic E-state index is -1.32. The van der Waals surface area contributed by atoms with E-state index in [1.807, 2.05) is 0 Å². The number of esters is 1. The third-order valence-electron chi connectivity index (χ3n) is 2.62. The Bertz CT molecular complexity index is 493. The second-order valence-corrected chi connectivity index (χ2v) is 6.93. The molecule has 0 rings (SSSR count). The Morgan fingerprint density at radius 2 is 1.71 bits per heavy atom. The van der Waals surface area contributed by atoms with Crippen LogP contribution in [0.3, 0.4) is 0 Å². The summed E-state index contributed by atoms with van der Waals surface area (Å²) in [5.41, 5.74) is 0. The number of ether oxygens (including phenoxy) is 2. The normalized spacial score (nSPS) is 14.8. The molecule has 24 heavy (non-hydrogen) atoms. The molecule has 0 aliphatic carbocycles. The molecule has 0 saturated carbocycles. The topological polar surface area (TPSA) is 131 Å². The number of carbonyl (C=O) groups excluding carboxylic acids is 3. The molecule has 0 radical (unpaired) electrons. The van der Waals surface area contributed by atoms with Gasteiger partial charge in [-0.25, -0.2) is 14.4 Å². The minimum Gasteiger partial charge on any atom is -0.480 e. The van der Waals surface area contributed by atoms with Crippen molar-refractivity contribution in [3.63, 3.8) is 0 Å². The molecule has 2 unspecified atom stereocenters. The number of alkyl carbamates (subject to hydrolysis) is 1. The molecule has 11 heteroatoms. The van der Waals surface area contributed by atoms with Gasteiger partial charge in [-0.1, -0.05) is 0 Å². The number of hydrogen-bond donors (Lipinski definition) is 5. The van der Waals surface area contributed by atoms with Crippen LogP contribution in [0.4, 0.5) is 4.79 Å². The molecule has 0 aliphatic heterocycles. The first-order chi connectivity index (χ1) is 10.9. The van der Waals surface area contributed by atoms with E-state index in [1.165, 1.54) is 27.7 Å². The van der Waals surface area contributed by atoms with Gasteiger partial charge in [0, 0.05) is 24.3 Å². The lowest BCUT2D eigenvalue weighted by atomic mass is 10.0. The van der Waals surface area contributed by atoms with Gasteiger partial charge in [-0.05, 0) is 13.8 Å². The largest absolute Gasteiger partial charge is 0.480 e. The first kappa shape index (κ1) is 22.4. The van der Waals surface area contributed by atoms with Crippen molar-refractivity contribution in [2.45, 2.75) is 50.8 Å². The van der Waals surface area contributed by atoms with Crippen molar-refractivity contribution in [1.29, 1.82) is 0 Å². The lowest BCUT2D eigenvalue weighted by Crippen LogP contribution is -2.52. The van der Waals surface area contributed by atoms with E-state index in [4.69, 9.17) is 14.6 Å². The molecule has 0 saturated heterocycles. The van der Waals surface area contributed by atoms with Crippen molar-refractivity contribution < 1.29 is 33.8 Å². The molecule has 0 aromatic carbocycles. The fourth-order valence-electron chi connectivity index (χ4n) is 1.54. The second kappa shape index (κ2) is 9.62. The third-order valence-corrected chi connectivity index (χ3v) is 3.24. The molecule has 0 heterocycles. The SMILES string of the molecule is CC(=O)NC(CS)C(=O)OC(C)OC(=O)N[C@@H](C(=O)O)C(C)(C)S. The predicted octanol–water partition coefficient (Wildman–Crippen LogP) is 0.198. The van der Waals surface area contributed by atoms with Gasteiger partial charge in [-0.3, -0.25) is 4.79 Å². The molecule has 0 spiro atoms. The average molecular weight is 382 g/mol. The van der Waals surface area contributed by atoms with Crippen molar-refractivity contribution in [3.05, 3.63) is 0 Å². The van der Waals surface area contributed by atoms with Gasteiger partial charge in [0.1, 0.15) is 12.1 Å². The van der Waals surface area contributed by atoms with Gasteiger partial charge in [-0.2, -0.15) is 25.3 Å². The van der Waals surface area contributed by atoms with Crippen molar-refractivity contribution in [1.82, 2.24) is 10.6 Å².